The maximum Gasteiger partial charge on any atom is 0.252 e. The molecule has 0 saturated heterocycles. The Morgan fingerprint density at radius 2 is 0.505 bits per heavy atom. The van der Waals surface area contributed by atoms with E-state index in [0.29, 0.717) is 0 Å². The molecule has 93 heavy (non-hydrogen) atoms. The lowest BCUT2D eigenvalue weighted by Crippen LogP contribution is -2.65. The van der Waals surface area contributed by atoms with Gasteiger partial charge in [-0.25, -0.2) is 0 Å². The summed E-state index contributed by atoms with van der Waals surface area (Å²) in [7, 11) is 0. The van der Waals surface area contributed by atoms with Crippen LogP contribution in [0.15, 0.2) is 346 Å². The Morgan fingerprint density at radius 3 is 0.892 bits per heavy atom. The van der Waals surface area contributed by atoms with Crippen LogP contribution >= 0.6 is 0 Å². The van der Waals surface area contributed by atoms with Gasteiger partial charge in [0.25, 0.3) is 13.4 Å². The maximum absolute atomic E-state index is 2.64. The van der Waals surface area contributed by atoms with Gasteiger partial charge in [0.15, 0.2) is 0 Å². The molecule has 19 rings (SSSR count). The Bertz CT molecular complexity index is 5330. The summed E-state index contributed by atoms with van der Waals surface area (Å²) in [6, 6.07) is 129. The van der Waals surface area contributed by atoms with Crippen molar-refractivity contribution >= 4 is 153 Å². The monoisotopic (exact) mass is 1180 g/mol. The standard InChI is InChI=1S/C86H57B2N5/c1-8-30-58(31-9-1)83-67-44-22-24-46-69(67)84(70-47-25-23-45-68(70)83)59-52-79-85-80(53-59)92(64-40-18-6-19-41-64)77-57-78-74(56-73(77)87(85)71-48-26-28-50-75(71)90(79)62-36-14-4-15-37-62)88-72-49-27-29-51-76(72)91(63-38-16-5-17-39-63)81-54-66(55-82(86(81)88)93(78)65-42-20-7-21-43-65)89(60-32-10-2-11-33-60)61-34-12-3-13-35-61/h1-57H. The van der Waals surface area contributed by atoms with Crippen LogP contribution in [-0.4, -0.2) is 13.4 Å². The third-order valence-corrected chi connectivity index (χ3v) is 19.7. The number of hydrogen-bond donors (Lipinski definition) is 0. The van der Waals surface area contributed by atoms with Crippen molar-refractivity contribution < 1.29 is 0 Å². The molecule has 0 fully saturated rings. The quantitative estimate of drug-likeness (QED) is 0.105. The van der Waals surface area contributed by atoms with E-state index in [1.807, 2.05) is 0 Å². The van der Waals surface area contributed by atoms with Crippen molar-refractivity contribution in [3.8, 4) is 22.3 Å². The van der Waals surface area contributed by atoms with E-state index in [-0.39, 0.29) is 13.4 Å². The van der Waals surface area contributed by atoms with Gasteiger partial charge in [-0.15, -0.1) is 0 Å². The summed E-state index contributed by atoms with van der Waals surface area (Å²) in [5.41, 5.74) is 29.2. The van der Waals surface area contributed by atoms with Crippen molar-refractivity contribution in [1.82, 2.24) is 0 Å². The number of anilines is 15. The summed E-state index contributed by atoms with van der Waals surface area (Å²) in [6.07, 6.45) is 0. The van der Waals surface area contributed by atoms with Gasteiger partial charge in [0.1, 0.15) is 0 Å². The van der Waals surface area contributed by atoms with Gasteiger partial charge in [-0.2, -0.15) is 0 Å². The van der Waals surface area contributed by atoms with E-state index in [2.05, 4.69) is 370 Å². The molecule has 0 bridgehead atoms. The number of nitrogens with zero attached hydrogens (tertiary/aromatic N) is 5. The zero-order valence-electron chi connectivity index (χ0n) is 50.8. The average Bonchev–Trinajstić information content (AvgIpc) is 0.688. The lowest BCUT2D eigenvalue weighted by atomic mass is 9.30. The van der Waals surface area contributed by atoms with E-state index >= 15 is 0 Å². The summed E-state index contributed by atoms with van der Waals surface area (Å²) in [5.74, 6) is 0. The van der Waals surface area contributed by atoms with Gasteiger partial charge >= 0.3 is 0 Å². The van der Waals surface area contributed by atoms with Gasteiger partial charge in [0, 0.05) is 79.6 Å². The Kier molecular flexibility index (Phi) is 12.1. The van der Waals surface area contributed by atoms with Crippen LogP contribution in [0.3, 0.4) is 0 Å². The lowest BCUT2D eigenvalue weighted by molar-refractivity contribution is 1.22. The number of hydrogen-bond acceptors (Lipinski definition) is 5. The highest BCUT2D eigenvalue weighted by molar-refractivity contribution is 7.03. The molecule has 5 nitrogen and oxygen atoms in total. The largest absolute Gasteiger partial charge is 0.311 e. The Labute approximate surface area is 542 Å². The maximum atomic E-state index is 2.64. The van der Waals surface area contributed by atoms with Crippen molar-refractivity contribution in [2.75, 3.05) is 24.5 Å². The number of benzene rings is 15. The summed E-state index contributed by atoms with van der Waals surface area (Å²) < 4.78 is 0. The first-order valence-corrected chi connectivity index (χ1v) is 32.2. The molecule has 0 saturated carbocycles. The van der Waals surface area contributed by atoms with E-state index in [1.54, 1.807) is 0 Å². The number of para-hydroxylation sites is 8. The average molecular weight is 1180 g/mol. The fraction of sp³-hybridized carbons (Fsp3) is 0. The Hall–Kier alpha value is -12.1. The predicted molar refractivity (Wildman–Crippen MR) is 395 cm³/mol. The lowest BCUT2D eigenvalue weighted by Gasteiger charge is -2.47. The normalized spacial score (nSPS) is 13.0. The first-order chi connectivity index (χ1) is 46.2. The molecular weight excluding hydrogens is 1120 g/mol. The molecule has 0 unspecified atom stereocenters. The van der Waals surface area contributed by atoms with E-state index in [4.69, 9.17) is 0 Å². The molecule has 7 heteroatoms. The SMILES string of the molecule is c1ccc(-c2c3ccccc3c(-c3cc4c5c(c3)N(c3ccccc3)c3cc6c(cc3B5c3ccccc3N4c3ccccc3)B3c4ccccc4N(c4ccccc4)c4cc(N(c5ccccc5)c5ccccc5)cc(c43)N6c3ccccc3)c3ccccc23)cc1. The summed E-state index contributed by atoms with van der Waals surface area (Å²) in [5, 5.41) is 4.88. The Balaban J connectivity index is 0.938. The first-order valence-electron chi connectivity index (χ1n) is 32.2. The van der Waals surface area contributed by atoms with Crippen LogP contribution in [0.5, 0.6) is 0 Å². The molecule has 0 aromatic heterocycles. The summed E-state index contributed by atoms with van der Waals surface area (Å²) in [6.45, 7) is -0.316. The van der Waals surface area contributed by atoms with Crippen molar-refractivity contribution in [1.29, 1.82) is 0 Å². The van der Waals surface area contributed by atoms with Gasteiger partial charge in [-0.1, -0.05) is 231 Å². The van der Waals surface area contributed by atoms with Crippen molar-refractivity contribution in [2.24, 2.45) is 0 Å². The molecule has 4 heterocycles. The van der Waals surface area contributed by atoms with Gasteiger partial charge in [-0.3, -0.25) is 0 Å². The number of rotatable bonds is 9. The van der Waals surface area contributed by atoms with Gasteiger partial charge in [0.2, 0.25) is 0 Å². The number of fused-ring (bicyclic) bond motifs is 10. The topological polar surface area (TPSA) is 16.2 Å². The minimum absolute atomic E-state index is 0.157. The third-order valence-electron chi connectivity index (χ3n) is 19.7. The molecule has 4 aliphatic rings. The molecule has 15 aromatic rings. The molecule has 0 spiro atoms. The fourth-order valence-corrected chi connectivity index (χ4v) is 16.0. The van der Waals surface area contributed by atoms with Crippen molar-refractivity contribution in [2.45, 2.75) is 0 Å². The van der Waals surface area contributed by atoms with E-state index in [9.17, 15) is 0 Å². The highest BCUT2D eigenvalue weighted by atomic mass is 15.2. The molecular formula is C86H57B2N5. The van der Waals surface area contributed by atoms with E-state index in [0.717, 1.165) is 85.2 Å². The van der Waals surface area contributed by atoms with Crippen LogP contribution in [0.1, 0.15) is 0 Å². The minimum atomic E-state index is -0.159. The molecule has 0 radical (unpaired) electrons. The van der Waals surface area contributed by atoms with Gasteiger partial charge in [-0.05, 0) is 192 Å². The highest BCUT2D eigenvalue weighted by Gasteiger charge is 2.49. The summed E-state index contributed by atoms with van der Waals surface area (Å²) in [4.78, 5) is 12.7. The molecule has 432 valence electrons. The Morgan fingerprint density at radius 1 is 0.204 bits per heavy atom. The summed E-state index contributed by atoms with van der Waals surface area (Å²) >= 11 is 0. The van der Waals surface area contributed by atoms with Crippen molar-refractivity contribution in [3.05, 3.63) is 346 Å². The predicted octanol–water partition coefficient (Wildman–Crippen LogP) is 19.0. The van der Waals surface area contributed by atoms with Gasteiger partial charge < -0.3 is 24.5 Å². The zero-order chi connectivity index (χ0) is 61.1. The van der Waals surface area contributed by atoms with Crippen LogP contribution in [0.25, 0.3) is 43.8 Å². The highest BCUT2D eigenvalue weighted by Crippen LogP contribution is 2.53. The van der Waals surface area contributed by atoms with Crippen LogP contribution < -0.4 is 57.3 Å². The van der Waals surface area contributed by atoms with E-state index < -0.39 is 0 Å². The fourth-order valence-electron chi connectivity index (χ4n) is 16.0. The molecule has 0 atom stereocenters. The molecule has 15 aromatic carbocycles. The first kappa shape index (κ1) is 52.8. The van der Waals surface area contributed by atoms with E-state index in [1.165, 1.54) is 76.7 Å². The minimum Gasteiger partial charge on any atom is -0.311 e. The molecule has 0 aliphatic carbocycles. The molecule has 0 N–H and O–H groups in total. The second-order valence-electron chi connectivity index (χ2n) is 24.7. The second-order valence-corrected chi connectivity index (χ2v) is 24.7. The third kappa shape index (κ3) is 8.16. The van der Waals surface area contributed by atoms with Crippen LogP contribution in [0.2, 0.25) is 0 Å². The van der Waals surface area contributed by atoms with Crippen LogP contribution in [0.4, 0.5) is 85.3 Å². The zero-order valence-corrected chi connectivity index (χ0v) is 50.8. The van der Waals surface area contributed by atoms with Crippen LogP contribution in [-0.2, 0) is 0 Å². The molecule has 4 aliphatic heterocycles. The molecule has 0 amide bonds. The second kappa shape index (κ2) is 21.3. The van der Waals surface area contributed by atoms with Crippen molar-refractivity contribution in [3.63, 3.8) is 0 Å². The van der Waals surface area contributed by atoms with Crippen LogP contribution in [0, 0.1) is 0 Å². The smallest absolute Gasteiger partial charge is 0.252 e. The van der Waals surface area contributed by atoms with Gasteiger partial charge in [0.05, 0.1) is 5.69 Å².